The van der Waals surface area contributed by atoms with E-state index in [9.17, 15) is 9.59 Å². The highest BCUT2D eigenvalue weighted by Crippen LogP contribution is 2.40. The molecule has 0 saturated carbocycles. The van der Waals surface area contributed by atoms with Crippen molar-refractivity contribution in [3.63, 3.8) is 0 Å². The second kappa shape index (κ2) is 10.6. The first-order valence-corrected chi connectivity index (χ1v) is 11.8. The van der Waals surface area contributed by atoms with E-state index in [2.05, 4.69) is 15.3 Å². The summed E-state index contributed by atoms with van der Waals surface area (Å²) in [4.78, 5) is 32.1. The highest BCUT2D eigenvalue weighted by Gasteiger charge is 2.27. The first kappa shape index (κ1) is 24.9. The molecule has 8 nitrogen and oxygen atoms in total. The van der Waals surface area contributed by atoms with E-state index in [1.807, 2.05) is 55.6 Å². The average Bonchev–Trinajstić information content (AvgIpc) is 3.49. The fourth-order valence-electron chi connectivity index (χ4n) is 4.77. The van der Waals surface area contributed by atoms with Crippen LogP contribution in [0.1, 0.15) is 56.1 Å². The van der Waals surface area contributed by atoms with Crippen LogP contribution in [0.25, 0.3) is 10.9 Å². The molecule has 36 heavy (non-hydrogen) atoms. The number of hydrogen-bond donors (Lipinski definition) is 3. The van der Waals surface area contributed by atoms with Crippen LogP contribution in [-0.4, -0.2) is 49.7 Å². The molecule has 0 saturated heterocycles. The van der Waals surface area contributed by atoms with Gasteiger partial charge in [0.05, 0.1) is 26.9 Å². The topological polar surface area (TPSA) is 105 Å². The predicted octanol–water partition coefficient (Wildman–Crippen LogP) is 4.73. The van der Waals surface area contributed by atoms with Crippen molar-refractivity contribution in [2.45, 2.75) is 26.2 Å². The molecule has 4 aromatic rings. The van der Waals surface area contributed by atoms with Gasteiger partial charge in [-0.05, 0) is 36.6 Å². The number of methoxy groups -OCH3 is 3. The van der Waals surface area contributed by atoms with Gasteiger partial charge in [-0.2, -0.15) is 0 Å². The standard InChI is InChI=1S/C28H31N3O5/c1-6-21-24(28(33)36-5)16(2)25(31-21)27(32)30-15-20(18-11-9-13-23(34-3)26(18)35-4)19-14-29-22-12-8-7-10-17(19)22/h7-14,20,29,31H,6,15H2,1-5H3,(H,30,32). The Balaban J connectivity index is 1.73. The molecule has 3 N–H and O–H groups in total. The number of hydrogen-bond acceptors (Lipinski definition) is 5. The largest absolute Gasteiger partial charge is 0.493 e. The molecule has 2 aromatic heterocycles. The molecule has 1 unspecified atom stereocenters. The minimum Gasteiger partial charge on any atom is -0.493 e. The van der Waals surface area contributed by atoms with Crippen LogP contribution >= 0.6 is 0 Å². The molecule has 1 atom stereocenters. The molecule has 0 bridgehead atoms. The summed E-state index contributed by atoms with van der Waals surface area (Å²) in [5.74, 6) is 0.223. The number of amides is 1. The van der Waals surface area contributed by atoms with Crippen molar-refractivity contribution in [2.24, 2.45) is 0 Å². The fourth-order valence-corrected chi connectivity index (χ4v) is 4.77. The monoisotopic (exact) mass is 489 g/mol. The van der Waals surface area contributed by atoms with Gasteiger partial charge in [-0.25, -0.2) is 4.79 Å². The Bertz CT molecular complexity index is 1400. The summed E-state index contributed by atoms with van der Waals surface area (Å²) in [7, 11) is 4.54. The maximum absolute atomic E-state index is 13.3. The smallest absolute Gasteiger partial charge is 0.339 e. The molecule has 1 amide bonds. The van der Waals surface area contributed by atoms with E-state index >= 15 is 0 Å². The number of esters is 1. The Kier molecular flexibility index (Phi) is 7.33. The van der Waals surface area contributed by atoms with Crippen molar-refractivity contribution < 1.29 is 23.8 Å². The van der Waals surface area contributed by atoms with Gasteiger partial charge in [-0.1, -0.05) is 37.3 Å². The second-order valence-electron chi connectivity index (χ2n) is 8.46. The Labute approximate surface area is 210 Å². The maximum Gasteiger partial charge on any atom is 0.339 e. The van der Waals surface area contributed by atoms with E-state index in [0.717, 1.165) is 22.0 Å². The van der Waals surface area contributed by atoms with Crippen LogP contribution in [0.3, 0.4) is 0 Å². The van der Waals surface area contributed by atoms with E-state index in [0.29, 0.717) is 40.4 Å². The van der Waals surface area contributed by atoms with Crippen LogP contribution in [0.4, 0.5) is 0 Å². The lowest BCUT2D eigenvalue weighted by Crippen LogP contribution is -2.30. The normalized spacial score (nSPS) is 11.8. The lowest BCUT2D eigenvalue weighted by molar-refractivity contribution is 0.0599. The molecule has 188 valence electrons. The van der Waals surface area contributed by atoms with Crippen molar-refractivity contribution in [2.75, 3.05) is 27.9 Å². The number of fused-ring (bicyclic) bond motifs is 1. The molecule has 0 aliphatic heterocycles. The lowest BCUT2D eigenvalue weighted by atomic mass is 9.89. The molecule has 0 aliphatic carbocycles. The number of aromatic amines is 2. The summed E-state index contributed by atoms with van der Waals surface area (Å²) in [5.41, 5.74) is 4.90. The summed E-state index contributed by atoms with van der Waals surface area (Å²) in [5, 5.41) is 4.12. The van der Waals surface area contributed by atoms with Crippen molar-refractivity contribution in [3.05, 3.63) is 82.3 Å². The zero-order chi connectivity index (χ0) is 25.8. The van der Waals surface area contributed by atoms with Gasteiger partial charge in [0.1, 0.15) is 5.69 Å². The van der Waals surface area contributed by atoms with Gasteiger partial charge in [-0.3, -0.25) is 4.79 Å². The maximum atomic E-state index is 13.3. The van der Waals surface area contributed by atoms with Crippen molar-refractivity contribution >= 4 is 22.8 Å². The predicted molar refractivity (Wildman–Crippen MR) is 138 cm³/mol. The van der Waals surface area contributed by atoms with Gasteiger partial charge in [-0.15, -0.1) is 0 Å². The minimum absolute atomic E-state index is 0.240. The number of nitrogens with one attached hydrogen (secondary N) is 3. The number of carbonyl (C=O) groups is 2. The lowest BCUT2D eigenvalue weighted by Gasteiger charge is -2.22. The van der Waals surface area contributed by atoms with E-state index < -0.39 is 5.97 Å². The average molecular weight is 490 g/mol. The van der Waals surface area contributed by atoms with Gasteiger partial charge in [0.15, 0.2) is 11.5 Å². The third kappa shape index (κ3) is 4.42. The highest BCUT2D eigenvalue weighted by molar-refractivity contribution is 6.00. The Hall–Kier alpha value is -4.20. The molecule has 2 heterocycles. The van der Waals surface area contributed by atoms with Crippen LogP contribution in [0.5, 0.6) is 11.5 Å². The second-order valence-corrected chi connectivity index (χ2v) is 8.46. The molecule has 8 heteroatoms. The number of aryl methyl sites for hydroxylation is 1. The fraction of sp³-hybridized carbons (Fsp3) is 0.286. The van der Waals surface area contributed by atoms with Gasteiger partial charge in [0.2, 0.25) is 0 Å². The van der Waals surface area contributed by atoms with E-state index in [4.69, 9.17) is 14.2 Å². The molecule has 0 fully saturated rings. The van der Waals surface area contributed by atoms with Gasteiger partial charge in [0.25, 0.3) is 5.91 Å². The van der Waals surface area contributed by atoms with Crippen LogP contribution in [-0.2, 0) is 11.2 Å². The Morgan fingerprint density at radius 2 is 1.78 bits per heavy atom. The van der Waals surface area contributed by atoms with Gasteiger partial charge >= 0.3 is 5.97 Å². The first-order valence-electron chi connectivity index (χ1n) is 11.8. The zero-order valence-corrected chi connectivity index (χ0v) is 21.2. The first-order chi connectivity index (χ1) is 17.4. The molecule has 2 aromatic carbocycles. The third-order valence-corrected chi connectivity index (χ3v) is 6.57. The van der Waals surface area contributed by atoms with E-state index in [-0.39, 0.29) is 18.4 Å². The number of aromatic nitrogens is 2. The van der Waals surface area contributed by atoms with Crippen LogP contribution < -0.4 is 14.8 Å². The van der Waals surface area contributed by atoms with Crippen molar-refractivity contribution in [1.29, 1.82) is 0 Å². The minimum atomic E-state index is -0.461. The number of rotatable bonds is 9. The number of para-hydroxylation sites is 2. The molecular formula is C28H31N3O5. The summed E-state index contributed by atoms with van der Waals surface area (Å²) in [6, 6.07) is 13.8. The summed E-state index contributed by atoms with van der Waals surface area (Å²) in [6.07, 6.45) is 2.53. The van der Waals surface area contributed by atoms with Crippen molar-refractivity contribution in [1.82, 2.24) is 15.3 Å². The molecule has 0 spiro atoms. The highest BCUT2D eigenvalue weighted by atomic mass is 16.5. The summed E-state index contributed by atoms with van der Waals surface area (Å²) >= 11 is 0. The summed E-state index contributed by atoms with van der Waals surface area (Å²) in [6.45, 7) is 3.96. The van der Waals surface area contributed by atoms with Crippen LogP contribution in [0.15, 0.2) is 48.7 Å². The number of benzene rings is 2. The zero-order valence-electron chi connectivity index (χ0n) is 21.2. The number of H-pyrrole nitrogens is 2. The number of carbonyl (C=O) groups excluding carboxylic acids is 2. The SMILES string of the molecule is CCc1[nH]c(C(=O)NCC(c2cccc(OC)c2OC)c2c[nH]c3ccccc23)c(C)c1C(=O)OC. The van der Waals surface area contributed by atoms with E-state index in [1.54, 1.807) is 21.1 Å². The third-order valence-electron chi connectivity index (χ3n) is 6.57. The van der Waals surface area contributed by atoms with E-state index in [1.165, 1.54) is 7.11 Å². The molecule has 0 aliphatic rings. The van der Waals surface area contributed by atoms with Crippen LogP contribution in [0.2, 0.25) is 0 Å². The molecule has 0 radical (unpaired) electrons. The number of ether oxygens (including phenoxy) is 3. The summed E-state index contributed by atoms with van der Waals surface area (Å²) < 4.78 is 16.2. The quantitative estimate of drug-likeness (QED) is 0.295. The Morgan fingerprint density at radius 1 is 1.00 bits per heavy atom. The van der Waals surface area contributed by atoms with Crippen LogP contribution in [0, 0.1) is 6.92 Å². The molecular weight excluding hydrogens is 458 g/mol. The Morgan fingerprint density at radius 3 is 2.47 bits per heavy atom. The van der Waals surface area contributed by atoms with Gasteiger partial charge < -0.3 is 29.5 Å². The molecule has 4 rings (SSSR count). The van der Waals surface area contributed by atoms with Crippen molar-refractivity contribution in [3.8, 4) is 11.5 Å². The van der Waals surface area contributed by atoms with Gasteiger partial charge in [0, 0.05) is 40.8 Å².